The second-order valence-electron chi connectivity index (χ2n) is 3.33. The minimum absolute atomic E-state index is 0.0175. The SMILES string of the molecule is O=Cc1cc2ccccc2c(C(=O)O)c1O. The van der Waals surface area contributed by atoms with Gasteiger partial charge < -0.3 is 10.2 Å². The second-order valence-corrected chi connectivity index (χ2v) is 3.33. The van der Waals surface area contributed by atoms with Gasteiger partial charge in [0.1, 0.15) is 11.3 Å². The van der Waals surface area contributed by atoms with Crippen molar-refractivity contribution in [3.63, 3.8) is 0 Å². The van der Waals surface area contributed by atoms with Gasteiger partial charge in [0.2, 0.25) is 0 Å². The normalized spacial score (nSPS) is 10.2. The molecule has 2 aromatic rings. The summed E-state index contributed by atoms with van der Waals surface area (Å²) in [6.45, 7) is 0. The van der Waals surface area contributed by atoms with Gasteiger partial charge in [-0.3, -0.25) is 4.79 Å². The van der Waals surface area contributed by atoms with Gasteiger partial charge in [0, 0.05) is 0 Å². The van der Waals surface area contributed by atoms with E-state index < -0.39 is 11.7 Å². The number of aromatic hydroxyl groups is 1. The van der Waals surface area contributed by atoms with Crippen LogP contribution in [0.15, 0.2) is 30.3 Å². The van der Waals surface area contributed by atoms with Gasteiger partial charge in [0.05, 0.1) is 5.56 Å². The number of phenols is 1. The Morgan fingerprint density at radius 1 is 1.25 bits per heavy atom. The van der Waals surface area contributed by atoms with E-state index in [0.717, 1.165) is 0 Å². The van der Waals surface area contributed by atoms with Gasteiger partial charge in [-0.05, 0) is 16.8 Å². The van der Waals surface area contributed by atoms with E-state index in [1.54, 1.807) is 24.3 Å². The molecular weight excluding hydrogens is 208 g/mol. The molecule has 0 aliphatic carbocycles. The standard InChI is InChI=1S/C12H8O4/c13-6-8-5-7-3-1-2-4-9(7)10(11(8)14)12(15)16/h1-6,14H,(H,15,16). The van der Waals surface area contributed by atoms with Gasteiger partial charge in [0.15, 0.2) is 6.29 Å². The van der Waals surface area contributed by atoms with Crippen LogP contribution in [0.4, 0.5) is 0 Å². The number of fused-ring (bicyclic) bond motifs is 1. The molecule has 0 saturated carbocycles. The number of carbonyl (C=O) groups is 2. The molecule has 0 amide bonds. The minimum atomic E-state index is -1.25. The summed E-state index contributed by atoms with van der Waals surface area (Å²) >= 11 is 0. The lowest BCUT2D eigenvalue weighted by atomic mass is 10.00. The van der Waals surface area contributed by atoms with Crippen LogP contribution in [0.5, 0.6) is 5.75 Å². The predicted molar refractivity (Wildman–Crippen MR) is 58.0 cm³/mol. The molecular formula is C12H8O4. The topological polar surface area (TPSA) is 74.6 Å². The zero-order valence-electron chi connectivity index (χ0n) is 8.18. The molecule has 4 nitrogen and oxygen atoms in total. The van der Waals surface area contributed by atoms with Gasteiger partial charge in [-0.15, -0.1) is 0 Å². The van der Waals surface area contributed by atoms with E-state index >= 15 is 0 Å². The number of benzene rings is 2. The zero-order chi connectivity index (χ0) is 11.7. The quantitative estimate of drug-likeness (QED) is 0.753. The molecule has 2 aromatic carbocycles. The third kappa shape index (κ3) is 1.40. The number of hydrogen-bond acceptors (Lipinski definition) is 3. The van der Waals surface area contributed by atoms with E-state index in [9.17, 15) is 14.7 Å². The highest BCUT2D eigenvalue weighted by atomic mass is 16.4. The van der Waals surface area contributed by atoms with E-state index in [-0.39, 0.29) is 11.1 Å². The Bertz CT molecular complexity index is 587. The second kappa shape index (κ2) is 3.66. The van der Waals surface area contributed by atoms with Gasteiger partial charge >= 0.3 is 5.97 Å². The Morgan fingerprint density at radius 3 is 2.56 bits per heavy atom. The molecule has 0 aliphatic heterocycles. The highest BCUT2D eigenvalue weighted by Gasteiger charge is 2.17. The summed E-state index contributed by atoms with van der Waals surface area (Å²) in [6, 6.07) is 8.15. The number of carbonyl (C=O) groups excluding carboxylic acids is 1. The molecule has 0 unspecified atom stereocenters. The fraction of sp³-hybridized carbons (Fsp3) is 0. The molecule has 4 heteroatoms. The molecule has 0 aliphatic rings. The molecule has 0 fully saturated rings. The molecule has 0 bridgehead atoms. The average molecular weight is 216 g/mol. The lowest BCUT2D eigenvalue weighted by Gasteiger charge is -2.07. The largest absolute Gasteiger partial charge is 0.506 e. The Kier molecular flexibility index (Phi) is 2.32. The summed E-state index contributed by atoms with van der Waals surface area (Å²) in [6.07, 6.45) is 0.439. The van der Waals surface area contributed by atoms with E-state index in [0.29, 0.717) is 17.1 Å². The smallest absolute Gasteiger partial charge is 0.340 e. The van der Waals surface area contributed by atoms with E-state index in [2.05, 4.69) is 0 Å². The maximum Gasteiger partial charge on any atom is 0.340 e. The number of carboxylic acid groups (broad SMARTS) is 1. The van der Waals surface area contributed by atoms with E-state index in [1.807, 2.05) is 0 Å². The van der Waals surface area contributed by atoms with Gasteiger partial charge in [0.25, 0.3) is 0 Å². The van der Waals surface area contributed by atoms with Crippen LogP contribution in [0.1, 0.15) is 20.7 Å². The maximum atomic E-state index is 11.0. The summed E-state index contributed by atoms with van der Waals surface area (Å²) in [4.78, 5) is 21.7. The number of carboxylic acids is 1. The highest BCUT2D eigenvalue weighted by Crippen LogP contribution is 2.30. The summed E-state index contributed by atoms with van der Waals surface area (Å²) < 4.78 is 0. The van der Waals surface area contributed by atoms with Crippen molar-refractivity contribution in [3.05, 3.63) is 41.5 Å². The minimum Gasteiger partial charge on any atom is -0.506 e. The van der Waals surface area contributed by atoms with Gasteiger partial charge in [-0.2, -0.15) is 0 Å². The predicted octanol–water partition coefficient (Wildman–Crippen LogP) is 2.06. The summed E-state index contributed by atoms with van der Waals surface area (Å²) in [7, 11) is 0. The van der Waals surface area contributed by atoms with Gasteiger partial charge in [-0.1, -0.05) is 24.3 Å². The number of hydrogen-bond donors (Lipinski definition) is 2. The Balaban J connectivity index is 2.96. The first-order valence-electron chi connectivity index (χ1n) is 4.58. The van der Waals surface area contributed by atoms with Crippen molar-refractivity contribution in [3.8, 4) is 5.75 Å². The number of aldehydes is 1. The highest BCUT2D eigenvalue weighted by molar-refractivity contribution is 6.09. The van der Waals surface area contributed by atoms with E-state index in [1.165, 1.54) is 6.07 Å². The van der Waals surface area contributed by atoms with Crippen LogP contribution in [0, 0.1) is 0 Å². The van der Waals surface area contributed by atoms with Crippen LogP contribution in [-0.4, -0.2) is 22.5 Å². The lowest BCUT2D eigenvalue weighted by molar-refractivity contribution is 0.0696. The molecule has 16 heavy (non-hydrogen) atoms. The molecule has 0 atom stereocenters. The first-order valence-corrected chi connectivity index (χ1v) is 4.58. The van der Waals surface area contributed by atoms with E-state index in [4.69, 9.17) is 5.11 Å². The van der Waals surface area contributed by atoms with Crippen molar-refractivity contribution in [2.24, 2.45) is 0 Å². The Morgan fingerprint density at radius 2 is 1.94 bits per heavy atom. The van der Waals surface area contributed by atoms with Crippen LogP contribution in [0.25, 0.3) is 10.8 Å². The Hall–Kier alpha value is -2.36. The van der Waals surface area contributed by atoms with Crippen molar-refractivity contribution in [2.75, 3.05) is 0 Å². The fourth-order valence-corrected chi connectivity index (χ4v) is 1.66. The molecule has 80 valence electrons. The monoisotopic (exact) mass is 216 g/mol. The van der Waals surface area contributed by atoms with Crippen molar-refractivity contribution in [1.29, 1.82) is 0 Å². The number of aromatic carboxylic acids is 1. The third-order valence-corrected chi connectivity index (χ3v) is 2.39. The van der Waals surface area contributed by atoms with Crippen LogP contribution in [0.2, 0.25) is 0 Å². The first-order chi connectivity index (χ1) is 7.65. The molecule has 0 aromatic heterocycles. The summed E-state index contributed by atoms with van der Waals surface area (Å²) in [5.41, 5.74) is -0.253. The fourth-order valence-electron chi connectivity index (χ4n) is 1.66. The average Bonchev–Trinajstić information content (AvgIpc) is 2.27. The first kappa shape index (κ1) is 10.2. The van der Waals surface area contributed by atoms with Crippen molar-refractivity contribution in [2.45, 2.75) is 0 Å². The molecule has 2 N–H and O–H groups in total. The van der Waals surface area contributed by atoms with Crippen LogP contribution in [-0.2, 0) is 0 Å². The maximum absolute atomic E-state index is 11.0. The molecule has 0 spiro atoms. The van der Waals surface area contributed by atoms with Gasteiger partial charge in [-0.25, -0.2) is 4.79 Å². The van der Waals surface area contributed by atoms with Crippen molar-refractivity contribution in [1.82, 2.24) is 0 Å². The molecule has 2 rings (SSSR count). The number of rotatable bonds is 2. The van der Waals surface area contributed by atoms with Crippen molar-refractivity contribution < 1.29 is 19.8 Å². The Labute approximate surface area is 90.8 Å². The molecule has 0 radical (unpaired) electrons. The zero-order valence-corrected chi connectivity index (χ0v) is 8.18. The van der Waals surface area contributed by atoms with Crippen molar-refractivity contribution >= 4 is 23.0 Å². The third-order valence-electron chi connectivity index (χ3n) is 2.39. The molecule has 0 saturated heterocycles. The van der Waals surface area contributed by atoms with Crippen LogP contribution >= 0.6 is 0 Å². The molecule has 0 heterocycles. The van der Waals surface area contributed by atoms with Crippen LogP contribution < -0.4 is 0 Å². The summed E-state index contributed by atoms with van der Waals surface area (Å²) in [5, 5.41) is 19.7. The lowest BCUT2D eigenvalue weighted by Crippen LogP contribution is -2.00. The summed E-state index contributed by atoms with van der Waals surface area (Å²) in [5.74, 6) is -1.74. The van der Waals surface area contributed by atoms with Crippen LogP contribution in [0.3, 0.4) is 0 Å².